The molecule has 170 valence electrons. The lowest BCUT2D eigenvalue weighted by atomic mass is 10.1. The molecule has 33 heavy (non-hydrogen) atoms. The van der Waals surface area contributed by atoms with E-state index < -0.39 is 5.25 Å². The van der Waals surface area contributed by atoms with E-state index in [2.05, 4.69) is 22.4 Å². The average molecular weight is 481 g/mol. The summed E-state index contributed by atoms with van der Waals surface area (Å²) in [6.45, 7) is 5.61. The number of carbonyl (C=O) groups excluding carboxylic acids is 2. The molecule has 2 amide bonds. The molecule has 9 heteroatoms. The highest BCUT2D eigenvalue weighted by molar-refractivity contribution is 8.01. The van der Waals surface area contributed by atoms with E-state index in [0.717, 1.165) is 22.3 Å². The summed E-state index contributed by atoms with van der Waals surface area (Å²) in [7, 11) is 0. The molecule has 0 aliphatic heterocycles. The van der Waals surface area contributed by atoms with Crippen LogP contribution in [0.3, 0.4) is 0 Å². The van der Waals surface area contributed by atoms with Crippen LogP contribution >= 0.6 is 23.1 Å². The second-order valence-corrected chi connectivity index (χ2v) is 9.82. The molecule has 0 aliphatic rings. The summed E-state index contributed by atoms with van der Waals surface area (Å²) in [6.07, 6.45) is 0.920. The fraction of sp³-hybridized carbons (Fsp3) is 0.250. The fourth-order valence-corrected chi connectivity index (χ4v) is 4.92. The number of aromatic nitrogens is 2. The van der Waals surface area contributed by atoms with E-state index in [1.807, 2.05) is 48.5 Å². The Balaban J connectivity index is 1.51. The number of thioether (sulfide) groups is 1. The molecule has 2 aromatic carbocycles. The van der Waals surface area contributed by atoms with Crippen molar-refractivity contribution in [1.29, 1.82) is 0 Å². The minimum atomic E-state index is -0.453. The molecule has 1 unspecified atom stereocenters. The summed E-state index contributed by atoms with van der Waals surface area (Å²) in [6, 6.07) is 17.4. The van der Waals surface area contributed by atoms with E-state index in [4.69, 9.17) is 4.52 Å². The molecule has 0 radical (unpaired) electrons. The van der Waals surface area contributed by atoms with Gasteiger partial charge in [0.05, 0.1) is 26.9 Å². The van der Waals surface area contributed by atoms with Crippen molar-refractivity contribution in [2.45, 2.75) is 32.4 Å². The Bertz CT molecular complexity index is 1230. The van der Waals surface area contributed by atoms with Gasteiger partial charge in [0.15, 0.2) is 10.9 Å². The van der Waals surface area contributed by atoms with Crippen molar-refractivity contribution in [2.75, 3.05) is 16.0 Å². The topological polar surface area (TPSA) is 88.3 Å². The number of thiazole rings is 1. The SMILES string of the molecule is CCc1ccc(N(C(=O)CSC(C)C(=O)Nc2cc(C)on2)c2nc3ccccc3s2)cc1. The van der Waals surface area contributed by atoms with Crippen molar-refractivity contribution < 1.29 is 14.1 Å². The van der Waals surface area contributed by atoms with E-state index in [1.165, 1.54) is 28.7 Å². The summed E-state index contributed by atoms with van der Waals surface area (Å²) in [5.41, 5.74) is 2.80. The first kappa shape index (κ1) is 23.0. The largest absolute Gasteiger partial charge is 0.360 e. The molecule has 1 atom stereocenters. The number of carbonyl (C=O) groups is 2. The van der Waals surface area contributed by atoms with Gasteiger partial charge in [0.1, 0.15) is 5.76 Å². The first-order valence-corrected chi connectivity index (χ1v) is 12.4. The third-order valence-electron chi connectivity index (χ3n) is 5.03. The molecule has 0 saturated carbocycles. The number of benzene rings is 2. The van der Waals surface area contributed by atoms with Gasteiger partial charge in [-0.25, -0.2) is 4.98 Å². The van der Waals surface area contributed by atoms with Crippen molar-refractivity contribution in [3.8, 4) is 0 Å². The lowest BCUT2D eigenvalue weighted by Gasteiger charge is -2.21. The molecule has 4 rings (SSSR count). The number of hydrogen-bond acceptors (Lipinski definition) is 7. The molecule has 0 saturated heterocycles. The smallest absolute Gasteiger partial charge is 0.243 e. The Hall–Kier alpha value is -3.17. The average Bonchev–Trinajstić information content (AvgIpc) is 3.43. The van der Waals surface area contributed by atoms with Crippen LogP contribution in [-0.2, 0) is 16.0 Å². The quantitative estimate of drug-likeness (QED) is 0.354. The van der Waals surface area contributed by atoms with Gasteiger partial charge in [-0.2, -0.15) is 0 Å². The van der Waals surface area contributed by atoms with Gasteiger partial charge in [-0.15, -0.1) is 11.8 Å². The predicted octanol–water partition coefficient (Wildman–Crippen LogP) is 5.58. The van der Waals surface area contributed by atoms with Gasteiger partial charge in [0.2, 0.25) is 11.8 Å². The van der Waals surface area contributed by atoms with Crippen molar-refractivity contribution in [3.63, 3.8) is 0 Å². The zero-order chi connectivity index (χ0) is 23.4. The maximum atomic E-state index is 13.4. The maximum absolute atomic E-state index is 13.4. The molecule has 4 aromatic rings. The van der Waals surface area contributed by atoms with E-state index >= 15 is 0 Å². The van der Waals surface area contributed by atoms with Crippen LogP contribution in [-0.4, -0.2) is 33.0 Å². The Morgan fingerprint density at radius 3 is 2.61 bits per heavy atom. The van der Waals surface area contributed by atoms with Crippen molar-refractivity contribution in [3.05, 3.63) is 65.9 Å². The standard InChI is InChI=1S/C24H24N4O3S2/c1-4-17-9-11-18(12-10-17)28(24-25-19-7-5-6-8-20(19)33-24)22(29)14-32-16(3)23(30)26-21-13-15(2)31-27-21/h5-13,16H,4,14H2,1-3H3,(H,26,27,30). The van der Waals surface area contributed by atoms with Crippen molar-refractivity contribution in [2.24, 2.45) is 0 Å². The van der Waals surface area contributed by atoms with E-state index in [-0.39, 0.29) is 17.6 Å². The van der Waals surface area contributed by atoms with Gasteiger partial charge in [-0.3, -0.25) is 14.5 Å². The molecule has 0 fully saturated rings. The van der Waals surface area contributed by atoms with Crippen LogP contribution in [0.25, 0.3) is 10.2 Å². The Morgan fingerprint density at radius 1 is 1.18 bits per heavy atom. The number of rotatable bonds is 8. The number of fused-ring (bicyclic) bond motifs is 1. The second kappa shape index (κ2) is 10.2. The van der Waals surface area contributed by atoms with Crippen molar-refractivity contribution in [1.82, 2.24) is 10.1 Å². The number of para-hydroxylation sites is 1. The number of nitrogens with one attached hydrogen (secondary N) is 1. The molecular weight excluding hydrogens is 456 g/mol. The van der Waals surface area contributed by atoms with Gasteiger partial charge in [-0.05, 0) is 50.1 Å². The van der Waals surface area contributed by atoms with E-state index in [1.54, 1.807) is 24.8 Å². The molecular formula is C24H24N4O3S2. The van der Waals surface area contributed by atoms with Gasteiger partial charge in [0, 0.05) is 6.07 Å². The van der Waals surface area contributed by atoms with Gasteiger partial charge in [-0.1, -0.05) is 47.7 Å². The summed E-state index contributed by atoms with van der Waals surface area (Å²) in [5, 5.41) is 6.65. The zero-order valence-electron chi connectivity index (χ0n) is 18.6. The molecule has 1 N–H and O–H groups in total. The van der Waals surface area contributed by atoms with Crippen molar-refractivity contribution >= 4 is 61.8 Å². The Kier molecular flexibility index (Phi) is 7.10. The third kappa shape index (κ3) is 5.43. The predicted molar refractivity (Wildman–Crippen MR) is 134 cm³/mol. The van der Waals surface area contributed by atoms with E-state index in [0.29, 0.717) is 16.7 Å². The van der Waals surface area contributed by atoms with E-state index in [9.17, 15) is 9.59 Å². The minimum Gasteiger partial charge on any atom is -0.360 e. The first-order chi connectivity index (χ1) is 15.9. The molecule has 2 aromatic heterocycles. The highest BCUT2D eigenvalue weighted by atomic mass is 32.2. The Labute approximate surface area is 200 Å². The highest BCUT2D eigenvalue weighted by Crippen LogP contribution is 2.34. The molecule has 2 heterocycles. The summed E-state index contributed by atoms with van der Waals surface area (Å²) < 4.78 is 5.99. The second-order valence-electron chi connectivity index (χ2n) is 7.48. The number of anilines is 3. The van der Waals surface area contributed by atoms with Crippen LogP contribution in [0.2, 0.25) is 0 Å². The van der Waals surface area contributed by atoms with Crippen LogP contribution < -0.4 is 10.2 Å². The Morgan fingerprint density at radius 2 is 1.94 bits per heavy atom. The van der Waals surface area contributed by atoms with Crippen LogP contribution in [0, 0.1) is 6.92 Å². The lowest BCUT2D eigenvalue weighted by molar-refractivity contribution is -0.115. The number of aryl methyl sites for hydroxylation is 2. The number of nitrogens with zero attached hydrogens (tertiary/aromatic N) is 3. The maximum Gasteiger partial charge on any atom is 0.243 e. The summed E-state index contributed by atoms with van der Waals surface area (Å²) >= 11 is 2.74. The lowest BCUT2D eigenvalue weighted by Crippen LogP contribution is -2.30. The summed E-state index contributed by atoms with van der Waals surface area (Å²) in [4.78, 5) is 32.2. The van der Waals surface area contributed by atoms with Gasteiger partial charge < -0.3 is 9.84 Å². The highest BCUT2D eigenvalue weighted by Gasteiger charge is 2.24. The monoisotopic (exact) mass is 480 g/mol. The van der Waals surface area contributed by atoms with Crippen LogP contribution in [0.15, 0.2) is 59.1 Å². The van der Waals surface area contributed by atoms with Crippen LogP contribution in [0.4, 0.5) is 16.6 Å². The summed E-state index contributed by atoms with van der Waals surface area (Å²) in [5.74, 6) is 0.725. The number of hydrogen-bond donors (Lipinski definition) is 1. The molecule has 0 aliphatic carbocycles. The normalized spacial score (nSPS) is 12.0. The minimum absolute atomic E-state index is 0.123. The molecule has 0 spiro atoms. The molecule has 0 bridgehead atoms. The van der Waals surface area contributed by atoms with Crippen LogP contribution in [0.1, 0.15) is 25.2 Å². The van der Waals surface area contributed by atoms with Gasteiger partial charge >= 0.3 is 0 Å². The van der Waals surface area contributed by atoms with Gasteiger partial charge in [0.25, 0.3) is 0 Å². The first-order valence-electron chi connectivity index (χ1n) is 10.6. The molecule has 7 nitrogen and oxygen atoms in total. The zero-order valence-corrected chi connectivity index (χ0v) is 20.2. The van der Waals surface area contributed by atoms with Crippen LogP contribution in [0.5, 0.6) is 0 Å². The fourth-order valence-electron chi connectivity index (χ4n) is 3.19. The third-order valence-corrected chi connectivity index (χ3v) is 7.18. The number of amides is 2.